The molecule has 0 aliphatic carbocycles. The van der Waals surface area contributed by atoms with Crippen LogP contribution in [0.3, 0.4) is 0 Å². The number of hydrogen-bond acceptors (Lipinski definition) is 3. The molecule has 2 aromatic rings. The molecule has 0 radical (unpaired) electrons. The van der Waals surface area contributed by atoms with E-state index in [1.165, 1.54) is 0 Å². The fourth-order valence-electron chi connectivity index (χ4n) is 1.91. The number of benzene rings is 2. The number of hydrogen-bond donors (Lipinski definition) is 2. The molecule has 0 aromatic heterocycles. The van der Waals surface area contributed by atoms with Crippen molar-refractivity contribution in [2.45, 2.75) is 12.8 Å². The normalized spacial score (nSPS) is 9.80. The molecular weight excluding hydrogens is 252 g/mol. The third-order valence-electron chi connectivity index (χ3n) is 3.07. The molecule has 0 unspecified atom stereocenters. The minimum atomic E-state index is -0.388. The molecule has 0 bridgehead atoms. The molecule has 0 atom stereocenters. The van der Waals surface area contributed by atoms with E-state index in [9.17, 15) is 4.79 Å². The fourth-order valence-corrected chi connectivity index (χ4v) is 1.91. The van der Waals surface area contributed by atoms with Gasteiger partial charge in [-0.25, -0.2) is 5.48 Å². The summed E-state index contributed by atoms with van der Waals surface area (Å²) >= 11 is 0. The van der Waals surface area contributed by atoms with Crippen LogP contribution in [-0.2, 0) is 11.2 Å². The van der Waals surface area contributed by atoms with Crippen molar-refractivity contribution in [2.75, 3.05) is 0 Å². The van der Waals surface area contributed by atoms with Crippen molar-refractivity contribution < 1.29 is 10.0 Å². The Morgan fingerprint density at radius 3 is 2.10 bits per heavy atom. The minimum absolute atomic E-state index is 0.257. The Morgan fingerprint density at radius 2 is 1.60 bits per heavy atom. The van der Waals surface area contributed by atoms with Crippen molar-refractivity contribution in [2.24, 2.45) is 0 Å². The number of hydroxylamine groups is 1. The molecule has 20 heavy (non-hydrogen) atoms. The smallest absolute Gasteiger partial charge is 0.243 e. The predicted molar refractivity (Wildman–Crippen MR) is 74.8 cm³/mol. The van der Waals surface area contributed by atoms with Crippen molar-refractivity contribution in [1.82, 2.24) is 5.48 Å². The second-order valence-electron chi connectivity index (χ2n) is 4.42. The zero-order valence-corrected chi connectivity index (χ0v) is 10.8. The molecular formula is C16H14N2O2. The summed E-state index contributed by atoms with van der Waals surface area (Å²) in [5, 5.41) is 17.2. The van der Waals surface area contributed by atoms with Crippen LogP contribution in [0.1, 0.15) is 17.5 Å². The lowest BCUT2D eigenvalue weighted by molar-refractivity contribution is -0.129. The van der Waals surface area contributed by atoms with E-state index in [-0.39, 0.29) is 12.3 Å². The predicted octanol–water partition coefficient (Wildman–Crippen LogP) is 2.66. The number of nitriles is 1. The summed E-state index contributed by atoms with van der Waals surface area (Å²) in [6.45, 7) is 0. The van der Waals surface area contributed by atoms with E-state index in [1.54, 1.807) is 17.6 Å². The van der Waals surface area contributed by atoms with Crippen LogP contribution in [0, 0.1) is 11.3 Å². The summed E-state index contributed by atoms with van der Waals surface area (Å²) in [5.74, 6) is -0.388. The molecule has 4 nitrogen and oxygen atoms in total. The van der Waals surface area contributed by atoms with Gasteiger partial charge >= 0.3 is 0 Å². The van der Waals surface area contributed by atoms with Crippen LogP contribution < -0.4 is 5.48 Å². The molecule has 0 heterocycles. The van der Waals surface area contributed by atoms with Crippen LogP contribution in [0.2, 0.25) is 0 Å². The topological polar surface area (TPSA) is 73.1 Å². The maximum Gasteiger partial charge on any atom is 0.243 e. The quantitative estimate of drug-likeness (QED) is 0.660. The van der Waals surface area contributed by atoms with Crippen LogP contribution >= 0.6 is 0 Å². The van der Waals surface area contributed by atoms with Crippen molar-refractivity contribution >= 4 is 5.91 Å². The maximum atomic E-state index is 10.9. The maximum absolute atomic E-state index is 10.9. The van der Waals surface area contributed by atoms with E-state index in [1.807, 2.05) is 36.4 Å². The SMILES string of the molecule is N#Cc1ccc(-c2ccc(CCC(=O)NO)cc2)cc1. The second kappa shape index (κ2) is 6.50. The molecule has 0 spiro atoms. The van der Waals surface area contributed by atoms with Gasteiger partial charge in [0, 0.05) is 6.42 Å². The molecule has 0 saturated heterocycles. The van der Waals surface area contributed by atoms with Crippen LogP contribution in [0.25, 0.3) is 11.1 Å². The van der Waals surface area contributed by atoms with E-state index in [4.69, 9.17) is 10.5 Å². The summed E-state index contributed by atoms with van der Waals surface area (Å²) in [4.78, 5) is 10.9. The van der Waals surface area contributed by atoms with Gasteiger partial charge in [-0.05, 0) is 35.2 Å². The van der Waals surface area contributed by atoms with E-state index in [2.05, 4.69) is 6.07 Å². The number of nitrogens with zero attached hydrogens (tertiary/aromatic N) is 1. The van der Waals surface area contributed by atoms with E-state index in [0.29, 0.717) is 12.0 Å². The standard InChI is InChI=1S/C16H14N2O2/c17-11-13-3-8-15(9-4-13)14-6-1-12(2-7-14)5-10-16(19)18-20/h1-4,6-9,20H,5,10H2,(H,18,19). The minimum Gasteiger partial charge on any atom is -0.289 e. The highest BCUT2D eigenvalue weighted by atomic mass is 16.5. The number of carbonyl (C=O) groups excluding carboxylic acids is 1. The number of nitrogens with one attached hydrogen (secondary N) is 1. The molecule has 2 rings (SSSR count). The summed E-state index contributed by atoms with van der Waals surface area (Å²) in [6.07, 6.45) is 0.840. The lowest BCUT2D eigenvalue weighted by Gasteiger charge is -2.04. The average molecular weight is 266 g/mol. The summed E-state index contributed by atoms with van der Waals surface area (Å²) in [7, 11) is 0. The van der Waals surface area contributed by atoms with E-state index >= 15 is 0 Å². The van der Waals surface area contributed by atoms with Gasteiger partial charge in [-0.2, -0.15) is 5.26 Å². The summed E-state index contributed by atoms with van der Waals surface area (Å²) in [6, 6.07) is 17.4. The Labute approximate surface area is 117 Å². The highest BCUT2D eigenvalue weighted by Gasteiger charge is 2.02. The Bertz CT molecular complexity index is 625. The second-order valence-corrected chi connectivity index (χ2v) is 4.42. The van der Waals surface area contributed by atoms with Gasteiger partial charge in [0.1, 0.15) is 0 Å². The van der Waals surface area contributed by atoms with Gasteiger partial charge in [0.25, 0.3) is 0 Å². The van der Waals surface area contributed by atoms with Crippen molar-refractivity contribution in [3.63, 3.8) is 0 Å². The Kier molecular flexibility index (Phi) is 4.48. The molecule has 0 aliphatic rings. The molecule has 100 valence electrons. The van der Waals surface area contributed by atoms with Gasteiger partial charge < -0.3 is 0 Å². The summed E-state index contributed by atoms with van der Waals surface area (Å²) in [5.41, 5.74) is 5.40. The highest BCUT2D eigenvalue weighted by molar-refractivity contribution is 5.74. The number of carbonyl (C=O) groups is 1. The van der Waals surface area contributed by atoms with Crippen LogP contribution in [-0.4, -0.2) is 11.1 Å². The first-order valence-corrected chi connectivity index (χ1v) is 6.25. The lowest BCUT2D eigenvalue weighted by atomic mass is 10.0. The molecule has 0 saturated carbocycles. The Hall–Kier alpha value is -2.64. The molecule has 4 heteroatoms. The van der Waals surface area contributed by atoms with E-state index in [0.717, 1.165) is 16.7 Å². The van der Waals surface area contributed by atoms with Crippen LogP contribution in [0.5, 0.6) is 0 Å². The van der Waals surface area contributed by atoms with Gasteiger partial charge in [-0.15, -0.1) is 0 Å². The van der Waals surface area contributed by atoms with Crippen molar-refractivity contribution in [3.05, 3.63) is 59.7 Å². The zero-order valence-electron chi connectivity index (χ0n) is 10.8. The molecule has 2 aromatic carbocycles. The first kappa shape index (κ1) is 13.8. The molecule has 1 amide bonds. The van der Waals surface area contributed by atoms with Gasteiger partial charge in [-0.1, -0.05) is 36.4 Å². The highest BCUT2D eigenvalue weighted by Crippen LogP contribution is 2.20. The zero-order chi connectivity index (χ0) is 14.4. The Balaban J connectivity index is 2.07. The number of rotatable bonds is 4. The molecule has 0 aliphatic heterocycles. The van der Waals surface area contributed by atoms with Gasteiger partial charge in [-0.3, -0.25) is 10.0 Å². The van der Waals surface area contributed by atoms with Crippen LogP contribution in [0.4, 0.5) is 0 Å². The van der Waals surface area contributed by atoms with Crippen LogP contribution in [0.15, 0.2) is 48.5 Å². The third kappa shape index (κ3) is 3.44. The monoisotopic (exact) mass is 266 g/mol. The number of aryl methyl sites for hydroxylation is 1. The molecule has 0 fully saturated rings. The Morgan fingerprint density at radius 1 is 1.05 bits per heavy atom. The van der Waals surface area contributed by atoms with Crippen molar-refractivity contribution in [1.29, 1.82) is 5.26 Å². The first-order chi connectivity index (χ1) is 9.72. The summed E-state index contributed by atoms with van der Waals surface area (Å²) < 4.78 is 0. The largest absolute Gasteiger partial charge is 0.289 e. The lowest BCUT2D eigenvalue weighted by Crippen LogP contribution is -2.18. The first-order valence-electron chi connectivity index (χ1n) is 6.25. The third-order valence-corrected chi connectivity index (χ3v) is 3.07. The van der Waals surface area contributed by atoms with Gasteiger partial charge in [0.2, 0.25) is 5.91 Å². The molecule has 2 N–H and O–H groups in total. The fraction of sp³-hybridized carbons (Fsp3) is 0.125. The van der Waals surface area contributed by atoms with E-state index < -0.39 is 0 Å². The van der Waals surface area contributed by atoms with Crippen molar-refractivity contribution in [3.8, 4) is 17.2 Å². The van der Waals surface area contributed by atoms with Gasteiger partial charge in [0.15, 0.2) is 0 Å². The number of amides is 1. The van der Waals surface area contributed by atoms with Gasteiger partial charge in [0.05, 0.1) is 11.6 Å². The average Bonchev–Trinajstić information content (AvgIpc) is 2.53.